The standard InChI is InChI=1S/C46H56FN7O7S2/c1-61-45(56)51-41-12-5-11-40(41)46(30-53-21-18-48-31-53,35-8-4-9-36(47)24-35)34-15-19-52(20-16-34)27-32-28-54(29-32)42-13-14-43(39-26-49-25-38(39)42)63(59,60)37-10-3-7-33(23-37)44(55)50-17-6-22-62(2,57)58/h3-4,6-10,13-14,18,21-24,31-32,34,40-41,49H,5,11-12,15-17,19-20,25-30H2,1-2H3,(H,50,55)(H,51,56)/b22-6+/t40-,41-,46-/m0/s1. The first kappa shape index (κ1) is 44.5. The van der Waals surface area contributed by atoms with Crippen molar-refractivity contribution in [3.8, 4) is 0 Å². The Morgan fingerprint density at radius 3 is 2.49 bits per heavy atom. The van der Waals surface area contributed by atoms with E-state index in [1.165, 1.54) is 43.5 Å². The van der Waals surface area contributed by atoms with Gasteiger partial charge in [-0.2, -0.15) is 0 Å². The summed E-state index contributed by atoms with van der Waals surface area (Å²) in [5.41, 5.74) is 3.40. The first-order valence-electron chi connectivity index (χ1n) is 21.6. The van der Waals surface area contributed by atoms with Crippen molar-refractivity contribution >= 4 is 37.4 Å². The molecule has 2 amide bonds. The van der Waals surface area contributed by atoms with Gasteiger partial charge >= 0.3 is 6.09 Å². The molecule has 17 heteroatoms. The molecule has 0 spiro atoms. The minimum atomic E-state index is -3.98. The summed E-state index contributed by atoms with van der Waals surface area (Å²) < 4.78 is 73.2. The SMILES string of the molecule is COC(=O)N[C@H]1CCC[C@@H]1[C@](Cn1ccnc1)(c1cccc(F)c1)C1CCN(CC2CN(c3ccc(S(=O)(=O)c4cccc(C(=O)NC/C=C/S(C)(=O)=O)c4)c4c3CNC4)C2)CC1. The van der Waals surface area contributed by atoms with E-state index in [1.807, 2.05) is 18.6 Å². The van der Waals surface area contributed by atoms with E-state index in [2.05, 4.69) is 41.4 Å². The second-order valence-electron chi connectivity index (χ2n) is 17.5. The molecule has 14 nitrogen and oxygen atoms in total. The van der Waals surface area contributed by atoms with Gasteiger partial charge in [0.15, 0.2) is 9.84 Å². The fraction of sp³-hybridized carbons (Fsp3) is 0.457. The van der Waals surface area contributed by atoms with E-state index in [9.17, 15) is 26.4 Å². The average Bonchev–Trinajstić information content (AvgIpc) is 4.06. The quantitative estimate of drug-likeness (QED) is 0.146. The van der Waals surface area contributed by atoms with Crippen LogP contribution in [0.5, 0.6) is 0 Å². The van der Waals surface area contributed by atoms with Crippen molar-refractivity contribution in [2.75, 3.05) is 57.5 Å². The van der Waals surface area contributed by atoms with Gasteiger partial charge in [0.05, 0.1) is 23.2 Å². The Hall–Kier alpha value is -5.10. The number of fused-ring (bicyclic) bond motifs is 1. The molecule has 63 heavy (non-hydrogen) atoms. The number of aromatic nitrogens is 2. The lowest BCUT2D eigenvalue weighted by molar-refractivity contribution is 0.0546. The van der Waals surface area contributed by atoms with E-state index in [4.69, 9.17) is 4.74 Å². The van der Waals surface area contributed by atoms with E-state index in [-0.39, 0.29) is 45.6 Å². The Labute approximate surface area is 369 Å². The number of benzene rings is 3. The van der Waals surface area contributed by atoms with Gasteiger partial charge in [-0.3, -0.25) is 4.79 Å². The summed E-state index contributed by atoms with van der Waals surface area (Å²) in [6, 6.07) is 16.4. The molecule has 0 unspecified atom stereocenters. The Morgan fingerprint density at radius 2 is 1.76 bits per heavy atom. The van der Waals surface area contributed by atoms with E-state index < -0.39 is 37.1 Å². The number of hydrogen-bond acceptors (Lipinski definition) is 11. The maximum atomic E-state index is 15.1. The van der Waals surface area contributed by atoms with Crippen molar-refractivity contribution in [3.05, 3.63) is 119 Å². The lowest BCUT2D eigenvalue weighted by atomic mass is 9.58. The molecule has 3 aliphatic heterocycles. The number of sulfone groups is 2. The molecule has 4 heterocycles. The van der Waals surface area contributed by atoms with E-state index in [0.29, 0.717) is 25.6 Å². The second-order valence-corrected chi connectivity index (χ2v) is 21.3. The molecule has 3 fully saturated rings. The summed E-state index contributed by atoms with van der Waals surface area (Å²) in [4.78, 5) is 34.9. The van der Waals surface area contributed by atoms with Gasteiger partial charge in [0.2, 0.25) is 9.84 Å². The number of anilines is 1. The minimum absolute atomic E-state index is 0.00675. The second kappa shape index (κ2) is 18.6. The number of imidazole rings is 1. The molecule has 4 aliphatic rings. The van der Waals surface area contributed by atoms with Crippen LogP contribution in [0.25, 0.3) is 0 Å². The summed E-state index contributed by atoms with van der Waals surface area (Å²) in [5.74, 6) is -0.0556. The van der Waals surface area contributed by atoms with Crippen LogP contribution in [0.3, 0.4) is 0 Å². The van der Waals surface area contributed by atoms with Crippen molar-refractivity contribution in [2.45, 2.75) is 73.0 Å². The van der Waals surface area contributed by atoms with Crippen LogP contribution in [0.4, 0.5) is 14.9 Å². The van der Waals surface area contributed by atoms with Crippen molar-refractivity contribution in [1.29, 1.82) is 0 Å². The zero-order valence-electron chi connectivity index (χ0n) is 35.7. The molecular weight excluding hydrogens is 846 g/mol. The number of nitrogens with zero attached hydrogens (tertiary/aromatic N) is 4. The Kier molecular flexibility index (Phi) is 13.1. The molecule has 4 aromatic rings. The zero-order valence-corrected chi connectivity index (χ0v) is 37.3. The number of carbonyl (C=O) groups excluding carboxylic acids is 2. The molecular formula is C46H56FN7O7S2. The first-order chi connectivity index (χ1) is 30.2. The maximum Gasteiger partial charge on any atom is 0.407 e. The molecule has 2 saturated heterocycles. The number of nitrogens with one attached hydrogen (secondary N) is 3. The molecule has 3 atom stereocenters. The Balaban J connectivity index is 0.938. The van der Waals surface area contributed by atoms with E-state index >= 15 is 4.39 Å². The highest BCUT2D eigenvalue weighted by Gasteiger charge is 2.52. The van der Waals surface area contributed by atoms with Crippen molar-refractivity contribution in [1.82, 2.24) is 30.4 Å². The molecule has 1 saturated carbocycles. The van der Waals surface area contributed by atoms with Crippen molar-refractivity contribution < 1.29 is 35.6 Å². The summed E-state index contributed by atoms with van der Waals surface area (Å²) in [6.45, 7) is 6.02. The number of halogens is 1. The summed E-state index contributed by atoms with van der Waals surface area (Å²) in [7, 11) is -5.92. The zero-order chi connectivity index (χ0) is 44.4. The van der Waals surface area contributed by atoms with Crippen molar-refractivity contribution in [2.24, 2.45) is 17.8 Å². The molecule has 1 aliphatic carbocycles. The number of hydrogen-bond donors (Lipinski definition) is 3. The topological polar surface area (TPSA) is 172 Å². The molecule has 3 N–H and O–H groups in total. The molecule has 1 aromatic heterocycles. The fourth-order valence-electron chi connectivity index (χ4n) is 10.7. The van der Waals surface area contributed by atoms with Gasteiger partial charge in [-0.1, -0.05) is 30.7 Å². The van der Waals surface area contributed by atoms with Crippen LogP contribution in [-0.2, 0) is 49.5 Å². The van der Waals surface area contributed by atoms with E-state index in [1.54, 1.807) is 24.4 Å². The predicted molar refractivity (Wildman–Crippen MR) is 237 cm³/mol. The fourth-order valence-corrected chi connectivity index (χ4v) is 12.7. The number of methoxy groups -OCH3 is 1. The molecule has 3 aromatic carbocycles. The van der Waals surface area contributed by atoms with Gasteiger partial charge in [-0.05, 0) is 110 Å². The maximum absolute atomic E-state index is 15.1. The van der Waals surface area contributed by atoms with E-state index in [0.717, 1.165) is 98.9 Å². The molecule has 8 rings (SSSR count). The lowest BCUT2D eigenvalue weighted by Crippen LogP contribution is -2.56. The summed E-state index contributed by atoms with van der Waals surface area (Å²) in [5, 5.41) is 10.1. The average molecular weight is 902 g/mol. The monoisotopic (exact) mass is 901 g/mol. The predicted octanol–water partition coefficient (Wildman–Crippen LogP) is 5.06. The van der Waals surface area contributed by atoms with Crippen LogP contribution in [0, 0.1) is 23.6 Å². The minimum Gasteiger partial charge on any atom is -0.453 e. The van der Waals surface area contributed by atoms with Crippen LogP contribution >= 0.6 is 0 Å². The third kappa shape index (κ3) is 9.57. The normalized spacial score (nSPS) is 20.9. The Morgan fingerprint density at radius 1 is 0.984 bits per heavy atom. The van der Waals surface area contributed by atoms with Crippen LogP contribution in [-0.4, -0.2) is 102 Å². The van der Waals surface area contributed by atoms with Crippen LogP contribution in [0.15, 0.2) is 101 Å². The number of piperidine rings is 1. The summed E-state index contributed by atoms with van der Waals surface area (Å²) >= 11 is 0. The number of alkyl carbamates (subject to hydrolysis) is 1. The summed E-state index contributed by atoms with van der Waals surface area (Å²) in [6.07, 6.45) is 12.1. The number of ether oxygens (including phenoxy) is 1. The van der Waals surface area contributed by atoms with Gasteiger partial charge < -0.3 is 35.1 Å². The lowest BCUT2D eigenvalue weighted by Gasteiger charge is -2.51. The molecule has 0 radical (unpaired) electrons. The largest absolute Gasteiger partial charge is 0.453 e. The third-order valence-corrected chi connectivity index (χ3v) is 16.1. The Bertz CT molecular complexity index is 2560. The van der Waals surface area contributed by atoms with Gasteiger partial charge in [0.1, 0.15) is 5.82 Å². The molecule has 336 valence electrons. The van der Waals surface area contributed by atoms with Crippen molar-refractivity contribution in [3.63, 3.8) is 0 Å². The number of rotatable bonds is 15. The highest BCUT2D eigenvalue weighted by Crippen LogP contribution is 2.52. The first-order valence-corrected chi connectivity index (χ1v) is 25.1. The number of likely N-dealkylation sites (tertiary alicyclic amines) is 1. The third-order valence-electron chi connectivity index (χ3n) is 13.5. The van der Waals surface area contributed by atoms with Crippen LogP contribution in [0.2, 0.25) is 0 Å². The highest BCUT2D eigenvalue weighted by molar-refractivity contribution is 7.93. The van der Waals surface area contributed by atoms with Gasteiger partial charge in [-0.25, -0.2) is 31.0 Å². The highest BCUT2D eigenvalue weighted by atomic mass is 32.2. The molecule has 0 bridgehead atoms. The van der Waals surface area contributed by atoms with Crippen LogP contribution in [0.1, 0.15) is 59.2 Å². The number of amides is 2. The van der Waals surface area contributed by atoms with Gasteiger partial charge in [0.25, 0.3) is 5.91 Å². The smallest absolute Gasteiger partial charge is 0.407 e. The number of carbonyl (C=O) groups is 2. The van der Waals surface area contributed by atoms with Gasteiger partial charge in [0, 0.05) is 98.5 Å². The van der Waals surface area contributed by atoms with Gasteiger partial charge in [-0.15, -0.1) is 0 Å². The van der Waals surface area contributed by atoms with Crippen LogP contribution < -0.4 is 20.9 Å².